The van der Waals surface area contributed by atoms with Gasteiger partial charge >= 0.3 is 6.09 Å². The molecule has 7 heteroatoms. The molecule has 0 bridgehead atoms. The molecule has 0 saturated carbocycles. The summed E-state index contributed by atoms with van der Waals surface area (Å²) in [5, 5.41) is 5.77. The molecule has 4 rings (SSSR count). The maximum atomic E-state index is 12.3. The molecule has 2 aromatic rings. The Morgan fingerprint density at radius 3 is 2.62 bits per heavy atom. The number of ether oxygens (including phenoxy) is 2. The van der Waals surface area contributed by atoms with Gasteiger partial charge in [0.25, 0.3) is 0 Å². The molecule has 7 nitrogen and oxygen atoms in total. The number of carbonyl (C=O) groups is 1. The maximum absolute atomic E-state index is 12.3. The minimum atomic E-state index is -0.460. The van der Waals surface area contributed by atoms with E-state index in [1.165, 1.54) is 19.4 Å². The number of likely N-dealkylation sites (tertiary alicyclic amines) is 2. The van der Waals surface area contributed by atoms with Crippen LogP contribution in [0.2, 0.25) is 0 Å². The van der Waals surface area contributed by atoms with E-state index < -0.39 is 5.60 Å². The highest BCUT2D eigenvalue weighted by Crippen LogP contribution is 2.29. The summed E-state index contributed by atoms with van der Waals surface area (Å²) in [5.74, 6) is 0.909. The van der Waals surface area contributed by atoms with E-state index in [4.69, 9.17) is 9.47 Å². The number of amides is 1. The Labute approximate surface area is 191 Å². The number of hydrogen-bond donors (Lipinski definition) is 0. The van der Waals surface area contributed by atoms with Crippen molar-refractivity contribution in [3.05, 3.63) is 24.4 Å². The van der Waals surface area contributed by atoms with Gasteiger partial charge in [-0.25, -0.2) is 4.79 Å². The van der Waals surface area contributed by atoms with Crippen LogP contribution in [-0.4, -0.2) is 70.1 Å². The molecule has 3 heterocycles. The first-order valence-corrected chi connectivity index (χ1v) is 12.1. The summed E-state index contributed by atoms with van der Waals surface area (Å²) in [7, 11) is 0. The van der Waals surface area contributed by atoms with Crippen LogP contribution in [0.15, 0.2) is 24.4 Å². The number of benzene rings is 1. The quantitative estimate of drug-likeness (QED) is 0.598. The minimum absolute atomic E-state index is 0.220. The molecule has 2 saturated heterocycles. The zero-order valence-electron chi connectivity index (χ0n) is 20.0. The van der Waals surface area contributed by atoms with Gasteiger partial charge in [-0.05, 0) is 84.5 Å². The number of nitrogens with zero attached hydrogens (tertiary/aromatic N) is 4. The molecule has 0 radical (unpaired) electrons. The van der Waals surface area contributed by atoms with Crippen LogP contribution in [0.4, 0.5) is 4.79 Å². The van der Waals surface area contributed by atoms with Crippen LogP contribution in [-0.2, 0) is 4.74 Å². The van der Waals surface area contributed by atoms with Crippen molar-refractivity contribution in [2.75, 3.05) is 32.8 Å². The standard InChI is InChI=1S/C25H38N4O3/c1-19-7-5-12-27(19)13-6-16-31-22-8-9-23-20(17-22)18-26-29(23)21-10-14-28(15-11-21)24(30)32-25(2,3)4/h8-9,17-19,21H,5-7,10-16H2,1-4H3/t19-/m1/s1. The Morgan fingerprint density at radius 1 is 1.16 bits per heavy atom. The van der Waals surface area contributed by atoms with Crippen LogP contribution in [0.1, 0.15) is 65.8 Å². The minimum Gasteiger partial charge on any atom is -0.494 e. The van der Waals surface area contributed by atoms with Gasteiger partial charge in [0, 0.05) is 31.1 Å². The van der Waals surface area contributed by atoms with E-state index in [9.17, 15) is 4.79 Å². The highest BCUT2D eigenvalue weighted by atomic mass is 16.6. The molecule has 0 N–H and O–H groups in total. The first-order valence-electron chi connectivity index (χ1n) is 12.1. The molecule has 1 amide bonds. The lowest BCUT2D eigenvalue weighted by molar-refractivity contribution is 0.0186. The zero-order valence-corrected chi connectivity index (χ0v) is 20.0. The molecular formula is C25H38N4O3. The van der Waals surface area contributed by atoms with E-state index in [0.29, 0.717) is 25.2 Å². The van der Waals surface area contributed by atoms with Crippen molar-refractivity contribution >= 4 is 17.0 Å². The molecule has 1 atom stereocenters. The molecule has 32 heavy (non-hydrogen) atoms. The van der Waals surface area contributed by atoms with Gasteiger partial charge in [0.15, 0.2) is 0 Å². The fourth-order valence-corrected chi connectivity index (χ4v) is 4.81. The maximum Gasteiger partial charge on any atom is 0.410 e. The lowest BCUT2D eigenvalue weighted by atomic mass is 10.1. The molecular weight excluding hydrogens is 404 g/mol. The summed E-state index contributed by atoms with van der Waals surface area (Å²) in [5.41, 5.74) is 0.664. The second-order valence-electron chi connectivity index (χ2n) is 10.2. The largest absolute Gasteiger partial charge is 0.494 e. The van der Waals surface area contributed by atoms with Crippen LogP contribution in [0.25, 0.3) is 10.9 Å². The van der Waals surface area contributed by atoms with Crippen molar-refractivity contribution in [3.8, 4) is 5.75 Å². The summed E-state index contributed by atoms with van der Waals surface area (Å²) < 4.78 is 13.6. The van der Waals surface area contributed by atoms with Crippen molar-refractivity contribution in [2.45, 2.75) is 77.5 Å². The highest BCUT2D eigenvalue weighted by Gasteiger charge is 2.28. The van der Waals surface area contributed by atoms with Crippen molar-refractivity contribution in [3.63, 3.8) is 0 Å². The smallest absolute Gasteiger partial charge is 0.410 e. The van der Waals surface area contributed by atoms with Crippen LogP contribution in [0.3, 0.4) is 0 Å². The van der Waals surface area contributed by atoms with Gasteiger partial charge < -0.3 is 19.3 Å². The second-order valence-corrected chi connectivity index (χ2v) is 10.2. The van der Waals surface area contributed by atoms with Gasteiger partial charge in [-0.3, -0.25) is 4.68 Å². The van der Waals surface area contributed by atoms with Crippen molar-refractivity contribution in [2.24, 2.45) is 0 Å². The number of carbonyl (C=O) groups excluding carboxylic acids is 1. The number of rotatable bonds is 6. The average Bonchev–Trinajstić information content (AvgIpc) is 3.35. The van der Waals surface area contributed by atoms with Gasteiger partial charge in [-0.1, -0.05) is 0 Å². The zero-order chi connectivity index (χ0) is 22.7. The van der Waals surface area contributed by atoms with E-state index in [2.05, 4.69) is 39.8 Å². The number of fused-ring (bicyclic) bond motifs is 1. The number of aromatic nitrogens is 2. The van der Waals surface area contributed by atoms with Crippen molar-refractivity contribution < 1.29 is 14.3 Å². The predicted molar refractivity (Wildman–Crippen MR) is 126 cm³/mol. The molecule has 2 aliphatic heterocycles. The summed E-state index contributed by atoms with van der Waals surface area (Å²) >= 11 is 0. The first kappa shape index (κ1) is 22.9. The molecule has 176 valence electrons. The third-order valence-electron chi connectivity index (χ3n) is 6.58. The fraction of sp³-hybridized carbons (Fsp3) is 0.680. The Hall–Kier alpha value is -2.28. The molecule has 0 unspecified atom stereocenters. The average molecular weight is 443 g/mol. The van der Waals surface area contributed by atoms with Crippen LogP contribution >= 0.6 is 0 Å². The van der Waals surface area contributed by atoms with E-state index in [-0.39, 0.29) is 6.09 Å². The normalized spacial score (nSPS) is 20.8. The van der Waals surface area contributed by atoms with Crippen molar-refractivity contribution in [1.82, 2.24) is 19.6 Å². The van der Waals surface area contributed by atoms with Crippen LogP contribution in [0, 0.1) is 0 Å². The van der Waals surface area contributed by atoms with Gasteiger partial charge in [-0.15, -0.1) is 0 Å². The molecule has 1 aromatic heterocycles. The molecule has 0 spiro atoms. The lowest BCUT2D eigenvalue weighted by Gasteiger charge is -2.33. The first-order chi connectivity index (χ1) is 15.3. The monoisotopic (exact) mass is 442 g/mol. The summed E-state index contributed by atoms with van der Waals surface area (Å²) in [4.78, 5) is 16.7. The van der Waals surface area contributed by atoms with Gasteiger partial charge in [0.1, 0.15) is 11.4 Å². The van der Waals surface area contributed by atoms with E-state index in [0.717, 1.165) is 49.1 Å². The SMILES string of the molecule is C[C@@H]1CCCN1CCCOc1ccc2c(cnn2C2CCN(C(=O)OC(C)(C)C)CC2)c1. The molecule has 0 aliphatic carbocycles. The van der Waals surface area contributed by atoms with Crippen molar-refractivity contribution in [1.29, 1.82) is 0 Å². The Kier molecular flexibility index (Phi) is 6.93. The predicted octanol–water partition coefficient (Wildman–Crippen LogP) is 4.86. The van der Waals surface area contributed by atoms with E-state index in [1.54, 1.807) is 0 Å². The topological polar surface area (TPSA) is 59.8 Å². The lowest BCUT2D eigenvalue weighted by Crippen LogP contribution is -2.42. The van der Waals surface area contributed by atoms with Gasteiger partial charge in [0.2, 0.25) is 0 Å². The van der Waals surface area contributed by atoms with Crippen LogP contribution in [0.5, 0.6) is 5.75 Å². The molecule has 2 fully saturated rings. The van der Waals surface area contributed by atoms with Crippen LogP contribution < -0.4 is 4.74 Å². The summed E-state index contributed by atoms with van der Waals surface area (Å²) in [6.07, 6.45) is 7.16. The third-order valence-corrected chi connectivity index (χ3v) is 6.58. The van der Waals surface area contributed by atoms with Gasteiger partial charge in [-0.2, -0.15) is 5.10 Å². The third kappa shape index (κ3) is 5.55. The number of piperidine rings is 1. The van der Waals surface area contributed by atoms with E-state index >= 15 is 0 Å². The summed E-state index contributed by atoms with van der Waals surface area (Å²) in [6, 6.07) is 7.26. The fourth-order valence-electron chi connectivity index (χ4n) is 4.81. The van der Waals surface area contributed by atoms with E-state index in [1.807, 2.05) is 31.9 Å². The Balaban J connectivity index is 1.29. The Morgan fingerprint density at radius 2 is 1.94 bits per heavy atom. The molecule has 2 aliphatic rings. The summed E-state index contributed by atoms with van der Waals surface area (Å²) in [6.45, 7) is 12.5. The van der Waals surface area contributed by atoms with Gasteiger partial charge in [0.05, 0.1) is 24.4 Å². The molecule has 1 aromatic carbocycles. The highest BCUT2D eigenvalue weighted by molar-refractivity contribution is 5.80. The Bertz CT molecular complexity index is 912. The second kappa shape index (κ2) is 9.69. The number of hydrogen-bond acceptors (Lipinski definition) is 5.